The average Bonchev–Trinajstić information content (AvgIpc) is 1.86. The van der Waals surface area contributed by atoms with Crippen molar-refractivity contribution in [3.63, 3.8) is 0 Å². The summed E-state index contributed by atoms with van der Waals surface area (Å²) in [5.41, 5.74) is 1.14. The van der Waals surface area contributed by atoms with Crippen molar-refractivity contribution in [2.24, 2.45) is 10.9 Å². The molecule has 0 unspecified atom stereocenters. The third-order valence-electron chi connectivity index (χ3n) is 1.22. The van der Waals surface area contributed by atoms with Crippen LogP contribution in [0.2, 0.25) is 0 Å². The van der Waals surface area contributed by atoms with Crippen molar-refractivity contribution in [1.82, 2.24) is 0 Å². The summed E-state index contributed by atoms with van der Waals surface area (Å²) in [6, 6.07) is 0. The first-order chi connectivity index (χ1) is 5.16. The molecule has 0 aliphatic carbocycles. The Morgan fingerprint density at radius 3 is 2.64 bits per heavy atom. The molecule has 0 heterocycles. The third kappa shape index (κ3) is 7.04. The van der Waals surface area contributed by atoms with Crippen LogP contribution in [0.15, 0.2) is 29.4 Å². The third-order valence-corrected chi connectivity index (χ3v) is 1.22. The normalized spacial score (nSPS) is 12.0. The molecule has 0 fully saturated rings. The predicted molar refractivity (Wildman–Crippen MR) is 51.9 cm³/mol. The SMILES string of the molecule is C=C(/C=C\N=CC)CC(C)C. The fourth-order valence-corrected chi connectivity index (χ4v) is 0.827. The highest BCUT2D eigenvalue weighted by Crippen LogP contribution is 2.09. The lowest BCUT2D eigenvalue weighted by Gasteiger charge is -2.01. The molecule has 0 rings (SSSR count). The number of allylic oxidation sites excluding steroid dienone is 2. The van der Waals surface area contributed by atoms with Gasteiger partial charge in [-0.2, -0.15) is 0 Å². The van der Waals surface area contributed by atoms with Gasteiger partial charge in [0.15, 0.2) is 0 Å². The number of rotatable bonds is 4. The molecule has 0 saturated heterocycles. The molecule has 0 aromatic heterocycles. The van der Waals surface area contributed by atoms with Crippen molar-refractivity contribution >= 4 is 6.21 Å². The van der Waals surface area contributed by atoms with E-state index < -0.39 is 0 Å². The molecule has 0 saturated carbocycles. The number of nitrogens with zero attached hydrogens (tertiary/aromatic N) is 1. The standard InChI is InChI=1S/C10H17N/c1-5-11-7-6-10(4)8-9(2)3/h5-7,9H,4,8H2,1-3H3/b7-6-,11-5?. The first-order valence-corrected chi connectivity index (χ1v) is 3.99. The van der Waals surface area contributed by atoms with Crippen molar-refractivity contribution in [3.8, 4) is 0 Å². The molecule has 0 aliphatic rings. The zero-order valence-corrected chi connectivity index (χ0v) is 7.67. The van der Waals surface area contributed by atoms with Crippen LogP contribution in [-0.4, -0.2) is 6.21 Å². The molecule has 1 heteroatoms. The Kier molecular flexibility index (Phi) is 5.44. The van der Waals surface area contributed by atoms with Gasteiger partial charge in [0.25, 0.3) is 0 Å². The second-order valence-electron chi connectivity index (χ2n) is 2.98. The van der Waals surface area contributed by atoms with E-state index in [2.05, 4.69) is 25.4 Å². The van der Waals surface area contributed by atoms with Crippen LogP contribution in [0.25, 0.3) is 0 Å². The van der Waals surface area contributed by atoms with Gasteiger partial charge in [0, 0.05) is 12.4 Å². The van der Waals surface area contributed by atoms with Crippen LogP contribution in [-0.2, 0) is 0 Å². The minimum absolute atomic E-state index is 0.678. The fraction of sp³-hybridized carbons (Fsp3) is 0.500. The van der Waals surface area contributed by atoms with Crippen LogP contribution in [0.1, 0.15) is 27.2 Å². The molecular formula is C10H17N. The largest absolute Gasteiger partial charge is 0.269 e. The second-order valence-corrected chi connectivity index (χ2v) is 2.98. The summed E-state index contributed by atoms with van der Waals surface area (Å²) in [4.78, 5) is 3.95. The minimum Gasteiger partial charge on any atom is -0.269 e. The highest BCUT2D eigenvalue weighted by molar-refractivity contribution is 5.54. The summed E-state index contributed by atoms with van der Waals surface area (Å²) in [6.07, 6.45) is 6.56. The number of aliphatic imine (C=N–C) groups is 1. The lowest BCUT2D eigenvalue weighted by Crippen LogP contribution is -1.86. The van der Waals surface area contributed by atoms with Crippen LogP contribution < -0.4 is 0 Å². The molecule has 0 atom stereocenters. The van der Waals surface area contributed by atoms with E-state index in [0.29, 0.717) is 5.92 Å². The van der Waals surface area contributed by atoms with E-state index in [9.17, 15) is 0 Å². The summed E-state index contributed by atoms with van der Waals surface area (Å²) in [7, 11) is 0. The Hall–Kier alpha value is -0.850. The topological polar surface area (TPSA) is 12.4 Å². The first-order valence-electron chi connectivity index (χ1n) is 3.99. The summed E-state index contributed by atoms with van der Waals surface area (Å²) in [6.45, 7) is 10.2. The van der Waals surface area contributed by atoms with Crippen molar-refractivity contribution in [1.29, 1.82) is 0 Å². The molecule has 0 bridgehead atoms. The maximum absolute atomic E-state index is 3.95. The van der Waals surface area contributed by atoms with Crippen LogP contribution in [0.4, 0.5) is 0 Å². The zero-order valence-electron chi connectivity index (χ0n) is 7.67. The van der Waals surface area contributed by atoms with Crippen LogP contribution in [0, 0.1) is 5.92 Å². The van der Waals surface area contributed by atoms with Crippen molar-refractivity contribution < 1.29 is 0 Å². The van der Waals surface area contributed by atoms with E-state index in [1.807, 2.05) is 13.0 Å². The fourth-order valence-electron chi connectivity index (χ4n) is 0.827. The van der Waals surface area contributed by atoms with Gasteiger partial charge in [-0.05, 0) is 25.3 Å². The molecule has 0 aromatic carbocycles. The zero-order chi connectivity index (χ0) is 8.69. The van der Waals surface area contributed by atoms with Gasteiger partial charge < -0.3 is 0 Å². The van der Waals surface area contributed by atoms with Gasteiger partial charge in [-0.1, -0.05) is 26.0 Å². The summed E-state index contributed by atoms with van der Waals surface area (Å²) in [5.74, 6) is 0.678. The maximum atomic E-state index is 3.95. The predicted octanol–water partition coefficient (Wildman–Crippen LogP) is 3.19. The van der Waals surface area contributed by atoms with Crippen molar-refractivity contribution in [2.75, 3.05) is 0 Å². The highest BCUT2D eigenvalue weighted by Gasteiger charge is 1.93. The molecule has 0 aromatic rings. The van der Waals surface area contributed by atoms with Crippen LogP contribution in [0.5, 0.6) is 0 Å². The van der Waals surface area contributed by atoms with Gasteiger partial charge >= 0.3 is 0 Å². The molecule has 0 radical (unpaired) electrons. The van der Waals surface area contributed by atoms with Crippen LogP contribution >= 0.6 is 0 Å². The second kappa shape index (κ2) is 5.90. The lowest BCUT2D eigenvalue weighted by atomic mass is 10.0. The smallest absolute Gasteiger partial charge is 0.0266 e. The van der Waals surface area contributed by atoms with Crippen molar-refractivity contribution in [3.05, 3.63) is 24.4 Å². The number of hydrogen-bond acceptors (Lipinski definition) is 1. The highest BCUT2D eigenvalue weighted by atomic mass is 14.6. The maximum Gasteiger partial charge on any atom is 0.0266 e. The Balaban J connectivity index is 3.69. The quantitative estimate of drug-likeness (QED) is 0.432. The van der Waals surface area contributed by atoms with E-state index in [4.69, 9.17) is 0 Å². The Bertz CT molecular complexity index is 164. The Morgan fingerprint density at radius 2 is 2.18 bits per heavy atom. The van der Waals surface area contributed by atoms with Gasteiger partial charge in [-0.15, -0.1) is 0 Å². The first kappa shape index (κ1) is 10.2. The number of hydrogen-bond donors (Lipinski definition) is 0. The minimum atomic E-state index is 0.678. The van der Waals surface area contributed by atoms with Gasteiger partial charge in [0.1, 0.15) is 0 Å². The van der Waals surface area contributed by atoms with E-state index in [1.165, 1.54) is 0 Å². The van der Waals surface area contributed by atoms with E-state index in [1.54, 1.807) is 12.4 Å². The summed E-state index contributed by atoms with van der Waals surface area (Å²) < 4.78 is 0. The van der Waals surface area contributed by atoms with Gasteiger partial charge in [0.05, 0.1) is 0 Å². The lowest BCUT2D eigenvalue weighted by molar-refractivity contribution is 0.651. The van der Waals surface area contributed by atoms with Crippen LogP contribution in [0.3, 0.4) is 0 Å². The molecule has 0 spiro atoms. The molecule has 11 heavy (non-hydrogen) atoms. The molecule has 0 aliphatic heterocycles. The average molecular weight is 151 g/mol. The van der Waals surface area contributed by atoms with E-state index in [0.717, 1.165) is 12.0 Å². The summed E-state index contributed by atoms with van der Waals surface area (Å²) >= 11 is 0. The Morgan fingerprint density at radius 1 is 1.55 bits per heavy atom. The van der Waals surface area contributed by atoms with E-state index >= 15 is 0 Å². The van der Waals surface area contributed by atoms with Crippen molar-refractivity contribution in [2.45, 2.75) is 27.2 Å². The molecular weight excluding hydrogens is 134 g/mol. The van der Waals surface area contributed by atoms with E-state index in [-0.39, 0.29) is 0 Å². The monoisotopic (exact) mass is 151 g/mol. The molecule has 62 valence electrons. The summed E-state index contributed by atoms with van der Waals surface area (Å²) in [5, 5.41) is 0. The van der Waals surface area contributed by atoms with Gasteiger partial charge in [-0.3, -0.25) is 4.99 Å². The molecule has 0 N–H and O–H groups in total. The van der Waals surface area contributed by atoms with Gasteiger partial charge in [0.2, 0.25) is 0 Å². The molecule has 1 nitrogen and oxygen atoms in total. The molecule has 0 amide bonds. The Labute approximate surface area is 69.5 Å². The van der Waals surface area contributed by atoms with Gasteiger partial charge in [-0.25, -0.2) is 0 Å².